The molecule has 0 bridgehead atoms. The predicted octanol–water partition coefficient (Wildman–Crippen LogP) is -0.578. The SMILES string of the molecule is CC[NH+](CC)CCNC(=O)CBr. The maximum atomic E-state index is 10.8. The molecule has 2 N–H and O–H groups in total. The van der Waals surface area contributed by atoms with Crippen LogP contribution in [0.2, 0.25) is 0 Å². The van der Waals surface area contributed by atoms with Crippen molar-refractivity contribution in [3.63, 3.8) is 0 Å². The highest BCUT2D eigenvalue weighted by atomic mass is 79.9. The normalized spacial score (nSPS) is 10.3. The van der Waals surface area contributed by atoms with Crippen molar-refractivity contribution in [1.82, 2.24) is 5.32 Å². The van der Waals surface area contributed by atoms with Crippen LogP contribution in [-0.4, -0.2) is 37.4 Å². The Morgan fingerprint density at radius 2 is 2.00 bits per heavy atom. The summed E-state index contributed by atoms with van der Waals surface area (Å²) in [5.41, 5.74) is 0. The van der Waals surface area contributed by atoms with Gasteiger partial charge in [-0.05, 0) is 13.8 Å². The highest BCUT2D eigenvalue weighted by molar-refractivity contribution is 9.09. The minimum absolute atomic E-state index is 0.0709. The van der Waals surface area contributed by atoms with E-state index in [-0.39, 0.29) is 5.91 Å². The van der Waals surface area contributed by atoms with Crippen LogP contribution in [0.5, 0.6) is 0 Å². The number of carbonyl (C=O) groups excluding carboxylic acids is 1. The van der Waals surface area contributed by atoms with Gasteiger partial charge in [-0.1, -0.05) is 15.9 Å². The highest BCUT2D eigenvalue weighted by Gasteiger charge is 2.02. The average Bonchev–Trinajstić information content (AvgIpc) is 2.12. The molecule has 0 radical (unpaired) electrons. The molecule has 0 aromatic heterocycles. The Balaban J connectivity index is 3.34. The van der Waals surface area contributed by atoms with Crippen LogP contribution in [0.3, 0.4) is 0 Å². The Labute approximate surface area is 82.6 Å². The molecule has 0 fully saturated rings. The van der Waals surface area contributed by atoms with E-state index >= 15 is 0 Å². The summed E-state index contributed by atoms with van der Waals surface area (Å²) in [6.07, 6.45) is 0. The summed E-state index contributed by atoms with van der Waals surface area (Å²) < 4.78 is 0. The van der Waals surface area contributed by atoms with Crippen LogP contribution in [0.1, 0.15) is 13.8 Å². The maximum Gasteiger partial charge on any atom is 0.230 e. The number of rotatable bonds is 6. The van der Waals surface area contributed by atoms with Gasteiger partial charge in [0, 0.05) is 0 Å². The molecule has 0 saturated heterocycles. The lowest BCUT2D eigenvalue weighted by atomic mass is 10.4. The monoisotopic (exact) mass is 237 g/mol. The number of quaternary nitrogens is 1. The summed E-state index contributed by atoms with van der Waals surface area (Å²) in [6, 6.07) is 0. The van der Waals surface area contributed by atoms with Gasteiger partial charge in [0.2, 0.25) is 5.91 Å². The number of carbonyl (C=O) groups is 1. The molecule has 0 unspecified atom stereocenters. The van der Waals surface area contributed by atoms with E-state index < -0.39 is 0 Å². The molecule has 0 aromatic rings. The number of likely N-dealkylation sites (N-methyl/N-ethyl adjacent to an activating group) is 1. The van der Waals surface area contributed by atoms with Crippen LogP contribution in [0, 0.1) is 0 Å². The standard InChI is InChI=1S/C8H17BrN2O/c1-3-11(4-2)6-5-10-8(12)7-9/h3-7H2,1-2H3,(H,10,12)/p+1. The first-order valence-electron chi connectivity index (χ1n) is 4.40. The second kappa shape index (κ2) is 7.55. The van der Waals surface area contributed by atoms with Gasteiger partial charge in [-0.2, -0.15) is 0 Å². The molecule has 0 aromatic carbocycles. The lowest BCUT2D eigenvalue weighted by molar-refractivity contribution is -0.895. The zero-order valence-corrected chi connectivity index (χ0v) is 9.41. The third-order valence-electron chi connectivity index (χ3n) is 1.92. The Morgan fingerprint density at radius 1 is 1.42 bits per heavy atom. The van der Waals surface area contributed by atoms with Gasteiger partial charge in [0.15, 0.2) is 0 Å². The molecule has 0 saturated carbocycles. The summed E-state index contributed by atoms with van der Waals surface area (Å²) in [5, 5.41) is 3.23. The fraction of sp³-hybridized carbons (Fsp3) is 0.875. The molecule has 4 heteroatoms. The molecule has 0 aliphatic carbocycles. The molecule has 3 nitrogen and oxygen atoms in total. The van der Waals surface area contributed by atoms with E-state index in [1.54, 1.807) is 0 Å². The molecular weight excluding hydrogens is 220 g/mol. The first kappa shape index (κ1) is 11.9. The van der Waals surface area contributed by atoms with Gasteiger partial charge < -0.3 is 10.2 Å². The van der Waals surface area contributed by atoms with Crippen molar-refractivity contribution in [1.29, 1.82) is 0 Å². The molecular formula is C8H18BrN2O+. The fourth-order valence-electron chi connectivity index (χ4n) is 1.03. The van der Waals surface area contributed by atoms with E-state index in [1.165, 1.54) is 4.90 Å². The van der Waals surface area contributed by atoms with Gasteiger partial charge in [0.25, 0.3) is 0 Å². The largest absolute Gasteiger partial charge is 0.350 e. The molecule has 0 aliphatic rings. The van der Waals surface area contributed by atoms with Crippen LogP contribution < -0.4 is 10.2 Å². The Bertz CT molecular complexity index is 126. The summed E-state index contributed by atoms with van der Waals surface area (Å²) in [4.78, 5) is 12.3. The van der Waals surface area contributed by atoms with Crippen molar-refractivity contribution < 1.29 is 9.69 Å². The van der Waals surface area contributed by atoms with E-state index in [1.807, 2.05) is 0 Å². The van der Waals surface area contributed by atoms with Gasteiger partial charge >= 0.3 is 0 Å². The minimum Gasteiger partial charge on any atom is -0.350 e. The van der Waals surface area contributed by atoms with Crippen molar-refractivity contribution in [2.45, 2.75) is 13.8 Å². The molecule has 0 rings (SSSR count). The van der Waals surface area contributed by atoms with Crippen LogP contribution in [-0.2, 0) is 4.79 Å². The summed E-state index contributed by atoms with van der Waals surface area (Å²) in [7, 11) is 0. The van der Waals surface area contributed by atoms with Gasteiger partial charge in [0.05, 0.1) is 31.5 Å². The van der Waals surface area contributed by atoms with Crippen LogP contribution in [0.25, 0.3) is 0 Å². The van der Waals surface area contributed by atoms with Crippen molar-refractivity contribution in [2.75, 3.05) is 31.5 Å². The van der Waals surface area contributed by atoms with Gasteiger partial charge in [-0.15, -0.1) is 0 Å². The topological polar surface area (TPSA) is 33.5 Å². The number of halogens is 1. The molecule has 0 atom stereocenters. The molecule has 1 amide bonds. The van der Waals surface area contributed by atoms with Gasteiger partial charge in [-0.25, -0.2) is 0 Å². The second-order valence-electron chi connectivity index (χ2n) is 2.69. The van der Waals surface area contributed by atoms with Crippen molar-refractivity contribution in [3.05, 3.63) is 0 Å². The molecule has 72 valence electrons. The predicted molar refractivity (Wildman–Crippen MR) is 53.7 cm³/mol. The van der Waals surface area contributed by atoms with E-state index in [9.17, 15) is 4.79 Å². The Morgan fingerprint density at radius 3 is 2.42 bits per heavy atom. The van der Waals surface area contributed by atoms with Gasteiger partial charge in [0.1, 0.15) is 0 Å². The third-order valence-corrected chi connectivity index (χ3v) is 2.43. The van der Waals surface area contributed by atoms with E-state index in [2.05, 4.69) is 35.1 Å². The summed E-state index contributed by atoms with van der Waals surface area (Å²) in [5.74, 6) is 0.0709. The number of alkyl halides is 1. The third kappa shape index (κ3) is 5.55. The van der Waals surface area contributed by atoms with E-state index in [0.29, 0.717) is 5.33 Å². The maximum absolute atomic E-state index is 10.8. The zero-order valence-electron chi connectivity index (χ0n) is 7.82. The summed E-state index contributed by atoms with van der Waals surface area (Å²) >= 11 is 3.10. The van der Waals surface area contributed by atoms with Crippen molar-refractivity contribution >= 4 is 21.8 Å². The van der Waals surface area contributed by atoms with Crippen molar-refractivity contribution in [2.24, 2.45) is 0 Å². The van der Waals surface area contributed by atoms with E-state index in [0.717, 1.165) is 26.2 Å². The minimum atomic E-state index is 0.0709. The lowest BCUT2D eigenvalue weighted by Crippen LogP contribution is -3.12. The lowest BCUT2D eigenvalue weighted by Gasteiger charge is -2.14. The Hall–Kier alpha value is -0.0900. The van der Waals surface area contributed by atoms with Crippen LogP contribution in [0.15, 0.2) is 0 Å². The number of hydrogen-bond acceptors (Lipinski definition) is 1. The Kier molecular flexibility index (Phi) is 7.50. The van der Waals surface area contributed by atoms with Crippen molar-refractivity contribution in [3.8, 4) is 0 Å². The first-order valence-corrected chi connectivity index (χ1v) is 5.52. The smallest absolute Gasteiger partial charge is 0.230 e. The molecule has 0 spiro atoms. The quantitative estimate of drug-likeness (QED) is 0.596. The van der Waals surface area contributed by atoms with E-state index in [4.69, 9.17) is 0 Å². The van der Waals surface area contributed by atoms with Gasteiger partial charge in [-0.3, -0.25) is 4.79 Å². The van der Waals surface area contributed by atoms with Crippen LogP contribution >= 0.6 is 15.9 Å². The number of amides is 1. The number of hydrogen-bond donors (Lipinski definition) is 2. The zero-order chi connectivity index (χ0) is 9.40. The molecule has 12 heavy (non-hydrogen) atoms. The second-order valence-corrected chi connectivity index (χ2v) is 3.25. The molecule has 0 aliphatic heterocycles. The fourth-order valence-corrected chi connectivity index (χ4v) is 1.23. The first-order chi connectivity index (χ1) is 5.74. The highest BCUT2D eigenvalue weighted by Crippen LogP contribution is 1.76. The van der Waals surface area contributed by atoms with Crippen LogP contribution in [0.4, 0.5) is 0 Å². The number of nitrogens with one attached hydrogen (secondary N) is 2. The summed E-state index contributed by atoms with van der Waals surface area (Å²) in [6.45, 7) is 8.37. The molecule has 0 heterocycles. The average molecular weight is 238 g/mol.